The minimum absolute atomic E-state index is 0.0823. The maximum Gasteiger partial charge on any atom is 0.341 e. The van der Waals surface area contributed by atoms with Crippen LogP contribution in [0.4, 0.5) is 5.00 Å². The van der Waals surface area contributed by atoms with E-state index in [0.717, 1.165) is 11.3 Å². The number of hydrogen-bond donors (Lipinski definition) is 3. The van der Waals surface area contributed by atoms with Gasteiger partial charge in [0.25, 0.3) is 5.91 Å². The molecular formula is C20H19N3O5S. The number of H-pyrrole nitrogens is 1. The van der Waals surface area contributed by atoms with Crippen LogP contribution in [0.15, 0.2) is 24.3 Å². The van der Waals surface area contributed by atoms with Crippen LogP contribution in [-0.4, -0.2) is 40.1 Å². The number of esters is 1. The monoisotopic (exact) mass is 413 g/mol. The first-order valence-electron chi connectivity index (χ1n) is 8.63. The maximum atomic E-state index is 12.7. The lowest BCUT2D eigenvalue weighted by Crippen LogP contribution is -2.14. The van der Waals surface area contributed by atoms with Crippen LogP contribution in [0.2, 0.25) is 0 Å². The van der Waals surface area contributed by atoms with Crippen LogP contribution in [0.3, 0.4) is 0 Å². The number of nitrogens with one attached hydrogen (secondary N) is 2. The quantitative estimate of drug-likeness (QED) is 0.433. The predicted molar refractivity (Wildman–Crippen MR) is 109 cm³/mol. The number of aromatic nitrogens is 2. The highest BCUT2D eigenvalue weighted by atomic mass is 32.1. The van der Waals surface area contributed by atoms with Crippen molar-refractivity contribution >= 4 is 34.0 Å². The fourth-order valence-corrected chi connectivity index (χ4v) is 3.98. The zero-order chi connectivity index (χ0) is 21.3. The highest BCUT2D eigenvalue weighted by Crippen LogP contribution is 2.35. The van der Waals surface area contributed by atoms with Gasteiger partial charge in [0.2, 0.25) is 0 Å². The number of rotatable bonds is 5. The molecule has 0 aliphatic carbocycles. The molecule has 29 heavy (non-hydrogen) atoms. The zero-order valence-electron chi connectivity index (χ0n) is 16.2. The Balaban J connectivity index is 1.93. The number of ketones is 1. The van der Waals surface area contributed by atoms with Gasteiger partial charge >= 0.3 is 5.97 Å². The van der Waals surface area contributed by atoms with E-state index in [-0.39, 0.29) is 27.8 Å². The number of amides is 1. The topological polar surface area (TPSA) is 121 Å². The van der Waals surface area contributed by atoms with E-state index in [4.69, 9.17) is 4.74 Å². The van der Waals surface area contributed by atoms with Gasteiger partial charge in [0.1, 0.15) is 16.4 Å². The van der Waals surface area contributed by atoms with Crippen LogP contribution in [0.25, 0.3) is 11.3 Å². The van der Waals surface area contributed by atoms with E-state index in [9.17, 15) is 19.5 Å². The summed E-state index contributed by atoms with van der Waals surface area (Å²) >= 11 is 1.01. The van der Waals surface area contributed by atoms with Gasteiger partial charge in [0.05, 0.1) is 23.2 Å². The van der Waals surface area contributed by atoms with Crippen molar-refractivity contribution in [2.75, 3.05) is 12.4 Å². The van der Waals surface area contributed by atoms with Gasteiger partial charge in [-0.1, -0.05) is 12.1 Å². The molecule has 0 aliphatic heterocycles. The number of benzene rings is 1. The number of anilines is 1. The molecule has 2 aromatic heterocycles. The van der Waals surface area contributed by atoms with Crippen molar-refractivity contribution in [3.05, 3.63) is 51.5 Å². The first-order valence-corrected chi connectivity index (χ1v) is 9.44. The lowest BCUT2D eigenvalue weighted by atomic mass is 10.1. The highest BCUT2D eigenvalue weighted by Gasteiger charge is 2.25. The van der Waals surface area contributed by atoms with Crippen molar-refractivity contribution in [1.82, 2.24) is 10.2 Å². The predicted octanol–water partition coefficient (Wildman–Crippen LogP) is 3.70. The number of aromatic amines is 1. The van der Waals surface area contributed by atoms with E-state index >= 15 is 0 Å². The summed E-state index contributed by atoms with van der Waals surface area (Å²) < 4.78 is 4.78. The Bertz CT molecular complexity index is 1130. The minimum Gasteiger partial charge on any atom is -0.507 e. The minimum atomic E-state index is -0.642. The Labute approximate surface area is 170 Å². The van der Waals surface area contributed by atoms with Gasteiger partial charge in [-0.05, 0) is 44.0 Å². The molecule has 8 nitrogen and oxygen atoms in total. The molecule has 0 radical (unpaired) electrons. The number of Topliss-reactive ketones (excluding diaryl/α,β-unsaturated/α-hetero) is 1. The summed E-state index contributed by atoms with van der Waals surface area (Å²) in [7, 11) is 1.23. The Hall–Kier alpha value is -3.46. The van der Waals surface area contributed by atoms with Crippen LogP contribution in [0, 0.1) is 13.8 Å². The molecule has 0 fully saturated rings. The second-order valence-corrected chi connectivity index (χ2v) is 7.42. The summed E-state index contributed by atoms with van der Waals surface area (Å²) in [6.45, 7) is 4.78. The van der Waals surface area contributed by atoms with Crippen molar-refractivity contribution < 1.29 is 24.2 Å². The molecule has 0 spiro atoms. The summed E-state index contributed by atoms with van der Waals surface area (Å²) in [5.74, 6) is -1.32. The van der Waals surface area contributed by atoms with Crippen molar-refractivity contribution in [1.29, 1.82) is 0 Å². The highest BCUT2D eigenvalue weighted by molar-refractivity contribution is 7.18. The molecule has 3 rings (SSSR count). The number of para-hydroxylation sites is 1. The summed E-state index contributed by atoms with van der Waals surface area (Å²) in [5, 5.41) is 19.8. The summed E-state index contributed by atoms with van der Waals surface area (Å²) in [4.78, 5) is 37.0. The molecule has 150 valence electrons. The van der Waals surface area contributed by atoms with Crippen molar-refractivity contribution in [2.24, 2.45) is 0 Å². The largest absolute Gasteiger partial charge is 0.507 e. The van der Waals surface area contributed by atoms with E-state index in [1.165, 1.54) is 20.1 Å². The molecule has 2 heterocycles. The molecule has 1 amide bonds. The molecule has 0 aliphatic rings. The summed E-state index contributed by atoms with van der Waals surface area (Å²) in [6, 6.07) is 6.73. The van der Waals surface area contributed by atoms with E-state index in [2.05, 4.69) is 15.5 Å². The van der Waals surface area contributed by atoms with Crippen molar-refractivity contribution in [3.8, 4) is 17.0 Å². The number of carbonyl (C=O) groups excluding carboxylic acids is 3. The zero-order valence-corrected chi connectivity index (χ0v) is 17.1. The van der Waals surface area contributed by atoms with E-state index in [0.29, 0.717) is 27.3 Å². The average molecular weight is 413 g/mol. The van der Waals surface area contributed by atoms with E-state index in [1.54, 1.807) is 32.0 Å². The van der Waals surface area contributed by atoms with Gasteiger partial charge in [-0.25, -0.2) is 4.79 Å². The SMILES string of the molecule is COC(=O)c1c(NC(=O)c2cc(-c3cccc(C)c3O)n[nH]2)sc(C(C)=O)c1C. The maximum absolute atomic E-state index is 12.7. The molecule has 0 saturated carbocycles. The number of phenols is 1. The summed E-state index contributed by atoms with van der Waals surface area (Å²) in [6.07, 6.45) is 0. The van der Waals surface area contributed by atoms with Crippen LogP contribution >= 0.6 is 11.3 Å². The molecule has 0 saturated heterocycles. The van der Waals surface area contributed by atoms with Crippen molar-refractivity contribution in [3.63, 3.8) is 0 Å². The first kappa shape index (κ1) is 20.3. The molecule has 9 heteroatoms. The molecule has 0 atom stereocenters. The third-order valence-corrected chi connectivity index (χ3v) is 5.73. The number of hydrogen-bond acceptors (Lipinski definition) is 7. The fourth-order valence-electron chi connectivity index (χ4n) is 2.90. The van der Waals surface area contributed by atoms with E-state index < -0.39 is 11.9 Å². The first-order chi connectivity index (χ1) is 13.7. The molecule has 3 aromatic rings. The summed E-state index contributed by atoms with van der Waals surface area (Å²) in [5.41, 5.74) is 2.31. The third-order valence-electron chi connectivity index (χ3n) is 4.42. The molecule has 0 bridgehead atoms. The van der Waals surface area contributed by atoms with Crippen LogP contribution < -0.4 is 5.32 Å². The molecule has 0 unspecified atom stereocenters. The second-order valence-electron chi connectivity index (χ2n) is 6.40. The normalized spacial score (nSPS) is 10.6. The lowest BCUT2D eigenvalue weighted by Gasteiger charge is -2.05. The number of carbonyl (C=O) groups is 3. The molecule has 1 aromatic carbocycles. The van der Waals surface area contributed by atoms with Gasteiger partial charge in [-0.15, -0.1) is 11.3 Å². The van der Waals surface area contributed by atoms with Gasteiger partial charge < -0.3 is 15.2 Å². The van der Waals surface area contributed by atoms with Crippen LogP contribution in [0.1, 0.15) is 48.6 Å². The standard InChI is InChI=1S/C20H19N3O5S/c1-9-6-5-7-12(16(9)25)13-8-14(23-22-13)18(26)21-19-15(20(27)28-4)10(2)17(29-19)11(3)24/h5-8,25H,1-4H3,(H,21,26)(H,22,23). The Morgan fingerprint density at radius 2 is 1.97 bits per heavy atom. The molecular weight excluding hydrogens is 394 g/mol. The number of ether oxygens (including phenoxy) is 1. The number of phenolic OH excluding ortho intramolecular Hbond substituents is 1. The number of aryl methyl sites for hydroxylation is 1. The number of aromatic hydroxyl groups is 1. The van der Waals surface area contributed by atoms with Crippen molar-refractivity contribution in [2.45, 2.75) is 20.8 Å². The Morgan fingerprint density at radius 3 is 2.62 bits per heavy atom. The third kappa shape index (κ3) is 3.77. The number of thiophene rings is 1. The van der Waals surface area contributed by atoms with Gasteiger partial charge in [0.15, 0.2) is 5.78 Å². The smallest absolute Gasteiger partial charge is 0.341 e. The van der Waals surface area contributed by atoms with Gasteiger partial charge in [0, 0.05) is 5.56 Å². The number of methoxy groups -OCH3 is 1. The average Bonchev–Trinajstić information content (AvgIpc) is 3.28. The Kier molecular flexibility index (Phi) is 5.51. The Morgan fingerprint density at radius 1 is 1.24 bits per heavy atom. The van der Waals surface area contributed by atoms with Crippen LogP contribution in [-0.2, 0) is 4.74 Å². The fraction of sp³-hybridized carbons (Fsp3) is 0.200. The van der Waals surface area contributed by atoms with Crippen LogP contribution in [0.5, 0.6) is 5.75 Å². The molecule has 3 N–H and O–H groups in total. The number of nitrogens with zero attached hydrogens (tertiary/aromatic N) is 1. The van der Waals surface area contributed by atoms with Gasteiger partial charge in [-0.3, -0.25) is 14.7 Å². The van der Waals surface area contributed by atoms with Gasteiger partial charge in [-0.2, -0.15) is 5.10 Å². The van der Waals surface area contributed by atoms with E-state index in [1.807, 2.05) is 0 Å². The lowest BCUT2D eigenvalue weighted by molar-refractivity contribution is 0.0601. The second kappa shape index (κ2) is 7.88.